The zero-order valence-corrected chi connectivity index (χ0v) is 13.0. The third-order valence-corrected chi connectivity index (χ3v) is 5.13. The second kappa shape index (κ2) is 5.66. The number of rotatable bonds is 4. The SMILES string of the molecule is CC(C)C(C)(CC(=O)N1CCN2C(=O)CCC2C1)C(=O)O. The van der Waals surface area contributed by atoms with Crippen LogP contribution in [0.5, 0.6) is 0 Å². The summed E-state index contributed by atoms with van der Waals surface area (Å²) < 4.78 is 0. The van der Waals surface area contributed by atoms with Gasteiger partial charge in [0.05, 0.1) is 5.41 Å². The number of carbonyl (C=O) groups excluding carboxylic acids is 2. The molecule has 6 heteroatoms. The highest BCUT2D eigenvalue weighted by atomic mass is 16.4. The number of fused-ring (bicyclic) bond motifs is 1. The number of hydrogen-bond acceptors (Lipinski definition) is 3. The number of amides is 2. The molecule has 2 aliphatic rings. The van der Waals surface area contributed by atoms with Gasteiger partial charge in [0.15, 0.2) is 0 Å². The van der Waals surface area contributed by atoms with E-state index < -0.39 is 11.4 Å². The first-order valence-electron chi connectivity index (χ1n) is 7.56. The zero-order valence-electron chi connectivity index (χ0n) is 13.0. The third kappa shape index (κ3) is 2.89. The highest BCUT2D eigenvalue weighted by Crippen LogP contribution is 2.33. The van der Waals surface area contributed by atoms with Gasteiger partial charge in [-0.3, -0.25) is 14.4 Å². The summed E-state index contributed by atoms with van der Waals surface area (Å²) >= 11 is 0. The van der Waals surface area contributed by atoms with Gasteiger partial charge in [-0.1, -0.05) is 13.8 Å². The average molecular weight is 296 g/mol. The average Bonchev–Trinajstić information content (AvgIpc) is 2.79. The zero-order chi connectivity index (χ0) is 15.8. The van der Waals surface area contributed by atoms with Gasteiger partial charge < -0.3 is 14.9 Å². The van der Waals surface area contributed by atoms with E-state index in [1.807, 2.05) is 18.7 Å². The fraction of sp³-hybridized carbons (Fsp3) is 0.800. The fourth-order valence-corrected chi connectivity index (χ4v) is 3.04. The molecule has 0 aromatic heterocycles. The molecule has 2 aliphatic heterocycles. The lowest BCUT2D eigenvalue weighted by atomic mass is 9.76. The Balaban J connectivity index is 2.01. The van der Waals surface area contributed by atoms with E-state index >= 15 is 0 Å². The van der Waals surface area contributed by atoms with Gasteiger partial charge in [0.25, 0.3) is 0 Å². The van der Waals surface area contributed by atoms with Crippen LogP contribution in [0.25, 0.3) is 0 Å². The van der Waals surface area contributed by atoms with Crippen LogP contribution in [0, 0.1) is 11.3 Å². The van der Waals surface area contributed by atoms with Gasteiger partial charge >= 0.3 is 5.97 Å². The molecule has 0 aromatic carbocycles. The monoisotopic (exact) mass is 296 g/mol. The third-order valence-electron chi connectivity index (χ3n) is 5.13. The normalized spacial score (nSPS) is 25.0. The molecular weight excluding hydrogens is 272 g/mol. The van der Waals surface area contributed by atoms with Crippen LogP contribution in [0.2, 0.25) is 0 Å². The number of hydrogen-bond donors (Lipinski definition) is 1. The minimum atomic E-state index is -1.04. The standard InChI is InChI=1S/C15H24N2O4/c1-10(2)15(3,14(20)21)8-13(19)16-6-7-17-11(9-16)4-5-12(17)18/h10-11H,4-9H2,1-3H3,(H,20,21). The van der Waals surface area contributed by atoms with Crippen molar-refractivity contribution in [2.24, 2.45) is 11.3 Å². The number of nitrogens with zero attached hydrogens (tertiary/aromatic N) is 2. The topological polar surface area (TPSA) is 77.9 Å². The summed E-state index contributed by atoms with van der Waals surface area (Å²) in [6.07, 6.45) is 1.37. The summed E-state index contributed by atoms with van der Waals surface area (Å²) in [5, 5.41) is 9.41. The summed E-state index contributed by atoms with van der Waals surface area (Å²) in [6, 6.07) is 0.116. The van der Waals surface area contributed by atoms with Gasteiger partial charge in [-0.2, -0.15) is 0 Å². The molecule has 2 saturated heterocycles. The Morgan fingerprint density at radius 3 is 2.62 bits per heavy atom. The van der Waals surface area contributed by atoms with Crippen LogP contribution in [-0.4, -0.2) is 58.4 Å². The molecule has 21 heavy (non-hydrogen) atoms. The number of piperazine rings is 1. The highest BCUT2D eigenvalue weighted by Gasteiger charge is 2.42. The summed E-state index contributed by atoms with van der Waals surface area (Å²) in [5.74, 6) is -0.994. The minimum Gasteiger partial charge on any atom is -0.481 e. The second-order valence-corrected chi connectivity index (χ2v) is 6.67. The predicted octanol–water partition coefficient (Wildman–Crippen LogP) is 0.957. The number of carboxylic acids is 1. The summed E-state index contributed by atoms with van der Waals surface area (Å²) in [6.45, 7) is 6.91. The molecule has 0 spiro atoms. The van der Waals surface area contributed by atoms with Crippen molar-refractivity contribution in [1.82, 2.24) is 9.80 Å². The second-order valence-electron chi connectivity index (χ2n) is 6.67. The first-order chi connectivity index (χ1) is 9.75. The molecule has 0 radical (unpaired) electrons. The van der Waals surface area contributed by atoms with Crippen LogP contribution >= 0.6 is 0 Å². The van der Waals surface area contributed by atoms with E-state index in [0.717, 1.165) is 6.42 Å². The predicted molar refractivity (Wildman–Crippen MR) is 76.5 cm³/mol. The molecule has 6 nitrogen and oxygen atoms in total. The van der Waals surface area contributed by atoms with Gasteiger partial charge in [0.1, 0.15) is 0 Å². The first-order valence-corrected chi connectivity index (χ1v) is 7.56. The number of carbonyl (C=O) groups is 3. The van der Waals surface area contributed by atoms with E-state index in [2.05, 4.69) is 0 Å². The van der Waals surface area contributed by atoms with Crippen molar-refractivity contribution in [3.63, 3.8) is 0 Å². The smallest absolute Gasteiger partial charge is 0.310 e. The lowest BCUT2D eigenvalue weighted by Gasteiger charge is -2.39. The van der Waals surface area contributed by atoms with Crippen LogP contribution in [-0.2, 0) is 14.4 Å². The van der Waals surface area contributed by atoms with Gasteiger partial charge in [-0.25, -0.2) is 0 Å². The van der Waals surface area contributed by atoms with Gasteiger partial charge in [-0.15, -0.1) is 0 Å². The van der Waals surface area contributed by atoms with Crippen LogP contribution in [0.4, 0.5) is 0 Å². The Morgan fingerprint density at radius 2 is 2.05 bits per heavy atom. The van der Waals surface area contributed by atoms with Crippen LogP contribution in [0.15, 0.2) is 0 Å². The van der Waals surface area contributed by atoms with Crippen LogP contribution < -0.4 is 0 Å². The maximum atomic E-state index is 12.5. The van der Waals surface area contributed by atoms with Crippen molar-refractivity contribution in [3.05, 3.63) is 0 Å². The Hall–Kier alpha value is -1.59. The molecule has 118 valence electrons. The van der Waals surface area contributed by atoms with Crippen molar-refractivity contribution in [2.75, 3.05) is 19.6 Å². The molecule has 2 rings (SSSR count). The first kappa shape index (κ1) is 15.8. The molecule has 0 saturated carbocycles. The molecule has 0 bridgehead atoms. The molecule has 2 amide bonds. The van der Waals surface area contributed by atoms with E-state index in [1.165, 1.54) is 0 Å². The Kier molecular flexibility index (Phi) is 4.25. The van der Waals surface area contributed by atoms with Crippen LogP contribution in [0.1, 0.15) is 40.0 Å². The largest absolute Gasteiger partial charge is 0.481 e. The number of carboxylic acid groups (broad SMARTS) is 1. The molecule has 2 fully saturated rings. The molecular formula is C15H24N2O4. The summed E-state index contributed by atoms with van der Waals surface area (Å²) in [4.78, 5) is 39.1. The van der Waals surface area contributed by atoms with Crippen molar-refractivity contribution >= 4 is 17.8 Å². The highest BCUT2D eigenvalue weighted by molar-refractivity contribution is 5.85. The Morgan fingerprint density at radius 1 is 1.38 bits per heavy atom. The van der Waals surface area contributed by atoms with E-state index in [4.69, 9.17) is 0 Å². The van der Waals surface area contributed by atoms with Crippen molar-refractivity contribution in [1.29, 1.82) is 0 Å². The maximum Gasteiger partial charge on any atom is 0.310 e. The summed E-state index contributed by atoms with van der Waals surface area (Å²) in [5.41, 5.74) is -1.04. The molecule has 2 unspecified atom stereocenters. The van der Waals surface area contributed by atoms with E-state index in [0.29, 0.717) is 26.1 Å². The molecule has 2 heterocycles. The lowest BCUT2D eigenvalue weighted by molar-refractivity contribution is -0.156. The van der Waals surface area contributed by atoms with E-state index in [-0.39, 0.29) is 30.2 Å². The molecule has 2 atom stereocenters. The molecule has 0 aromatic rings. The summed E-state index contributed by atoms with van der Waals surface area (Å²) in [7, 11) is 0. The Bertz CT molecular complexity index is 463. The Labute approximate surface area is 125 Å². The minimum absolute atomic E-state index is 0.0146. The van der Waals surface area contributed by atoms with Crippen molar-refractivity contribution < 1.29 is 19.5 Å². The fourth-order valence-electron chi connectivity index (χ4n) is 3.04. The molecule has 0 aliphatic carbocycles. The van der Waals surface area contributed by atoms with E-state index in [1.54, 1.807) is 11.8 Å². The van der Waals surface area contributed by atoms with Gasteiger partial charge in [-0.05, 0) is 19.3 Å². The van der Waals surface area contributed by atoms with Gasteiger partial charge in [0.2, 0.25) is 11.8 Å². The molecule has 1 N–H and O–H groups in total. The maximum absolute atomic E-state index is 12.5. The lowest BCUT2D eigenvalue weighted by Crippen LogP contribution is -2.54. The van der Waals surface area contributed by atoms with Gasteiger partial charge in [0, 0.05) is 38.5 Å². The quantitative estimate of drug-likeness (QED) is 0.838. The van der Waals surface area contributed by atoms with Crippen molar-refractivity contribution in [3.8, 4) is 0 Å². The van der Waals surface area contributed by atoms with Crippen LogP contribution in [0.3, 0.4) is 0 Å². The van der Waals surface area contributed by atoms with E-state index in [9.17, 15) is 19.5 Å². The number of aliphatic carboxylic acids is 1. The van der Waals surface area contributed by atoms with Crippen molar-refractivity contribution in [2.45, 2.75) is 46.1 Å².